The molecule has 0 saturated heterocycles. The molecule has 3 N–H and O–H groups in total. The Labute approximate surface area is 121 Å². The zero-order valence-corrected chi connectivity index (χ0v) is 13.2. The van der Waals surface area contributed by atoms with Crippen LogP contribution in [-0.2, 0) is 10.0 Å². The zero-order chi connectivity index (χ0) is 14.6. The van der Waals surface area contributed by atoms with Crippen molar-refractivity contribution in [1.29, 1.82) is 0 Å². The van der Waals surface area contributed by atoms with Crippen LogP contribution in [0.4, 0.5) is 10.1 Å². The van der Waals surface area contributed by atoms with Gasteiger partial charge in [-0.1, -0.05) is 6.92 Å². The number of hydrogen-bond acceptors (Lipinski definition) is 4. The van der Waals surface area contributed by atoms with E-state index in [2.05, 4.69) is 20.7 Å². The monoisotopic (exact) mass is 353 g/mol. The van der Waals surface area contributed by atoms with Gasteiger partial charge in [0.25, 0.3) is 0 Å². The molecule has 0 bridgehead atoms. The van der Waals surface area contributed by atoms with E-state index in [0.717, 1.165) is 18.7 Å². The predicted molar refractivity (Wildman–Crippen MR) is 76.9 cm³/mol. The standard InChI is InChI=1S/C11H17BrFN3O2S/c1-3-16(2)5-4-15-19(17,18)11-6-8(12)9(13)7-10(11)14/h6-7,15H,3-5,14H2,1-2H3. The first-order chi connectivity index (χ1) is 8.77. The molecule has 0 aliphatic heterocycles. The SMILES string of the molecule is CCN(C)CCNS(=O)(=O)c1cc(Br)c(F)cc1N. The van der Waals surface area contributed by atoms with E-state index in [9.17, 15) is 12.8 Å². The van der Waals surface area contributed by atoms with Crippen LogP contribution in [0.15, 0.2) is 21.5 Å². The lowest BCUT2D eigenvalue weighted by atomic mass is 10.3. The third kappa shape index (κ3) is 4.41. The van der Waals surface area contributed by atoms with Crippen LogP contribution >= 0.6 is 15.9 Å². The fourth-order valence-corrected chi connectivity index (χ4v) is 3.04. The van der Waals surface area contributed by atoms with E-state index in [1.54, 1.807) is 0 Å². The molecule has 0 amide bonds. The summed E-state index contributed by atoms with van der Waals surface area (Å²) in [7, 11) is -1.85. The number of benzene rings is 1. The van der Waals surface area contributed by atoms with E-state index in [1.165, 1.54) is 0 Å². The molecule has 1 aromatic rings. The maximum Gasteiger partial charge on any atom is 0.242 e. The fraction of sp³-hybridized carbons (Fsp3) is 0.455. The van der Waals surface area contributed by atoms with Crippen LogP contribution < -0.4 is 10.5 Å². The highest BCUT2D eigenvalue weighted by Gasteiger charge is 2.19. The van der Waals surface area contributed by atoms with E-state index in [-0.39, 0.29) is 21.6 Å². The van der Waals surface area contributed by atoms with Gasteiger partial charge < -0.3 is 10.6 Å². The molecule has 0 atom stereocenters. The Morgan fingerprint density at radius 3 is 2.68 bits per heavy atom. The Kier molecular flexibility index (Phi) is 5.72. The van der Waals surface area contributed by atoms with Gasteiger partial charge in [-0.3, -0.25) is 0 Å². The number of nitrogen functional groups attached to an aromatic ring is 1. The number of halogens is 2. The predicted octanol–water partition coefficient (Wildman–Crippen LogP) is 1.40. The first-order valence-corrected chi connectivity index (χ1v) is 7.98. The summed E-state index contributed by atoms with van der Waals surface area (Å²) in [6.07, 6.45) is 0. The largest absolute Gasteiger partial charge is 0.398 e. The van der Waals surface area contributed by atoms with Crippen LogP contribution in [0, 0.1) is 5.82 Å². The second kappa shape index (κ2) is 6.65. The van der Waals surface area contributed by atoms with Gasteiger partial charge in [0.15, 0.2) is 0 Å². The summed E-state index contributed by atoms with van der Waals surface area (Å²) in [4.78, 5) is 1.84. The van der Waals surface area contributed by atoms with Crippen molar-refractivity contribution in [2.75, 3.05) is 32.4 Å². The van der Waals surface area contributed by atoms with Gasteiger partial charge in [-0.2, -0.15) is 0 Å². The molecule has 1 rings (SSSR count). The molecule has 0 aliphatic carbocycles. The van der Waals surface area contributed by atoms with Crippen molar-refractivity contribution < 1.29 is 12.8 Å². The zero-order valence-electron chi connectivity index (χ0n) is 10.8. The minimum absolute atomic E-state index is 0.0627. The Bertz CT molecular complexity index is 551. The number of nitrogens with one attached hydrogen (secondary N) is 1. The first kappa shape index (κ1) is 16.4. The normalized spacial score (nSPS) is 12.1. The molecule has 0 spiro atoms. The quantitative estimate of drug-likeness (QED) is 0.758. The summed E-state index contributed by atoms with van der Waals surface area (Å²) < 4.78 is 39.8. The van der Waals surface area contributed by atoms with Gasteiger partial charge in [-0.05, 0) is 41.7 Å². The van der Waals surface area contributed by atoms with Crippen LogP contribution in [0.5, 0.6) is 0 Å². The van der Waals surface area contributed by atoms with E-state index in [4.69, 9.17) is 5.73 Å². The number of sulfonamides is 1. The first-order valence-electron chi connectivity index (χ1n) is 5.70. The molecule has 0 fully saturated rings. The summed E-state index contributed by atoms with van der Waals surface area (Å²) in [5.74, 6) is -0.595. The number of rotatable bonds is 6. The van der Waals surface area contributed by atoms with Crippen molar-refractivity contribution in [2.24, 2.45) is 0 Å². The summed E-state index contributed by atoms with van der Waals surface area (Å²) in [6.45, 7) is 3.65. The molecule has 0 radical (unpaired) electrons. The number of likely N-dealkylation sites (N-methyl/N-ethyl adjacent to an activating group) is 1. The fourth-order valence-electron chi connectivity index (χ4n) is 1.38. The summed E-state index contributed by atoms with van der Waals surface area (Å²) in [6, 6.07) is 2.15. The highest BCUT2D eigenvalue weighted by molar-refractivity contribution is 9.10. The molecule has 0 aliphatic rings. The van der Waals surface area contributed by atoms with Crippen molar-refractivity contribution in [3.05, 3.63) is 22.4 Å². The Morgan fingerprint density at radius 1 is 1.47 bits per heavy atom. The van der Waals surface area contributed by atoms with Crippen LogP contribution in [0.25, 0.3) is 0 Å². The van der Waals surface area contributed by atoms with Crippen molar-refractivity contribution in [3.63, 3.8) is 0 Å². The second-order valence-corrected chi connectivity index (χ2v) is 6.69. The molecular formula is C11H17BrFN3O2S. The average Bonchev–Trinajstić information content (AvgIpc) is 2.33. The van der Waals surface area contributed by atoms with Gasteiger partial charge in [0.05, 0.1) is 10.2 Å². The van der Waals surface area contributed by atoms with Gasteiger partial charge in [0.1, 0.15) is 10.7 Å². The third-order valence-corrected chi connectivity index (χ3v) is 4.79. The Balaban J connectivity index is 2.86. The van der Waals surface area contributed by atoms with E-state index < -0.39 is 15.8 Å². The molecule has 1 aromatic carbocycles. The molecule has 8 heteroatoms. The van der Waals surface area contributed by atoms with Crippen LogP contribution in [0.2, 0.25) is 0 Å². The van der Waals surface area contributed by atoms with Crippen LogP contribution in [0.3, 0.4) is 0 Å². The lowest BCUT2D eigenvalue weighted by Gasteiger charge is -2.15. The summed E-state index contributed by atoms with van der Waals surface area (Å²) in [5, 5.41) is 0. The molecule has 0 heterocycles. The summed E-state index contributed by atoms with van der Waals surface area (Å²) in [5.41, 5.74) is 5.43. The molecule has 0 saturated carbocycles. The lowest BCUT2D eigenvalue weighted by Crippen LogP contribution is -2.33. The lowest BCUT2D eigenvalue weighted by molar-refractivity contribution is 0.358. The summed E-state index contributed by atoms with van der Waals surface area (Å²) >= 11 is 2.94. The van der Waals surface area contributed by atoms with E-state index in [1.807, 2.05) is 18.9 Å². The van der Waals surface area contributed by atoms with Crippen molar-refractivity contribution in [3.8, 4) is 0 Å². The van der Waals surface area contributed by atoms with Gasteiger partial charge in [0, 0.05) is 13.1 Å². The number of nitrogens with two attached hydrogens (primary N) is 1. The van der Waals surface area contributed by atoms with Gasteiger partial charge in [0.2, 0.25) is 10.0 Å². The highest BCUT2D eigenvalue weighted by atomic mass is 79.9. The maximum atomic E-state index is 13.2. The van der Waals surface area contributed by atoms with E-state index in [0.29, 0.717) is 6.54 Å². The number of nitrogens with zero attached hydrogens (tertiary/aromatic N) is 1. The van der Waals surface area contributed by atoms with Gasteiger partial charge >= 0.3 is 0 Å². The molecule has 0 aromatic heterocycles. The van der Waals surface area contributed by atoms with Crippen LogP contribution in [-0.4, -0.2) is 40.0 Å². The highest BCUT2D eigenvalue weighted by Crippen LogP contribution is 2.25. The second-order valence-electron chi connectivity index (χ2n) is 4.10. The van der Waals surface area contributed by atoms with Gasteiger partial charge in [-0.15, -0.1) is 0 Å². The third-order valence-electron chi connectivity index (χ3n) is 2.67. The maximum absolute atomic E-state index is 13.2. The molecule has 5 nitrogen and oxygen atoms in total. The Hall–Kier alpha value is -0.700. The topological polar surface area (TPSA) is 75.4 Å². The van der Waals surface area contributed by atoms with Crippen molar-refractivity contribution in [1.82, 2.24) is 9.62 Å². The average molecular weight is 354 g/mol. The van der Waals surface area contributed by atoms with Crippen molar-refractivity contribution in [2.45, 2.75) is 11.8 Å². The number of anilines is 1. The Morgan fingerprint density at radius 2 is 2.11 bits per heavy atom. The smallest absolute Gasteiger partial charge is 0.242 e. The minimum atomic E-state index is -3.73. The van der Waals surface area contributed by atoms with Crippen molar-refractivity contribution >= 4 is 31.6 Å². The van der Waals surface area contributed by atoms with Crippen LogP contribution in [0.1, 0.15) is 6.92 Å². The van der Waals surface area contributed by atoms with E-state index >= 15 is 0 Å². The molecular weight excluding hydrogens is 337 g/mol. The minimum Gasteiger partial charge on any atom is -0.398 e. The molecule has 0 unspecified atom stereocenters. The molecule has 108 valence electrons. The number of hydrogen-bond donors (Lipinski definition) is 2. The molecule has 19 heavy (non-hydrogen) atoms. The van der Waals surface area contributed by atoms with Gasteiger partial charge in [-0.25, -0.2) is 17.5 Å².